The van der Waals surface area contributed by atoms with Gasteiger partial charge in [0.15, 0.2) is 6.10 Å². The van der Waals surface area contributed by atoms with Gasteiger partial charge in [-0.2, -0.15) is 5.10 Å². The van der Waals surface area contributed by atoms with E-state index in [4.69, 9.17) is 4.74 Å². The summed E-state index contributed by atoms with van der Waals surface area (Å²) in [4.78, 5) is 19.8. The molecule has 1 N–H and O–H groups in total. The molecule has 1 aliphatic heterocycles. The molecule has 0 saturated carbocycles. The molecule has 4 rings (SSSR count). The van der Waals surface area contributed by atoms with E-state index in [9.17, 15) is 4.79 Å². The number of piperidine rings is 1. The van der Waals surface area contributed by atoms with Crippen LogP contribution in [0.15, 0.2) is 55.0 Å². The number of amides is 1. The predicted molar refractivity (Wildman–Crippen MR) is 118 cm³/mol. The summed E-state index contributed by atoms with van der Waals surface area (Å²) in [6, 6.07) is 11.6. The van der Waals surface area contributed by atoms with Crippen molar-refractivity contribution in [1.29, 1.82) is 0 Å². The molecule has 1 fully saturated rings. The van der Waals surface area contributed by atoms with Crippen LogP contribution in [0.25, 0.3) is 0 Å². The highest BCUT2D eigenvalue weighted by Gasteiger charge is 2.26. The number of carbonyl (C=O) groups excluding carboxylic acids is 1. The molecule has 0 bridgehead atoms. The number of imidazole rings is 1. The average molecular weight is 423 g/mol. The van der Waals surface area contributed by atoms with Crippen LogP contribution in [-0.2, 0) is 22.6 Å². The van der Waals surface area contributed by atoms with Gasteiger partial charge in [0.05, 0.1) is 18.8 Å². The van der Waals surface area contributed by atoms with Gasteiger partial charge in [-0.1, -0.05) is 30.3 Å². The second kappa shape index (κ2) is 9.89. The van der Waals surface area contributed by atoms with Crippen molar-refractivity contribution in [1.82, 2.24) is 24.2 Å². The molecule has 1 saturated heterocycles. The van der Waals surface area contributed by atoms with Gasteiger partial charge >= 0.3 is 0 Å². The Morgan fingerprint density at radius 1 is 1.19 bits per heavy atom. The molecular weight excluding hydrogens is 392 g/mol. The molecule has 2 aromatic heterocycles. The van der Waals surface area contributed by atoms with Crippen LogP contribution in [-0.4, -0.2) is 50.3 Å². The molecule has 3 heterocycles. The zero-order chi connectivity index (χ0) is 21.6. The van der Waals surface area contributed by atoms with E-state index < -0.39 is 6.10 Å². The molecule has 0 aliphatic carbocycles. The summed E-state index contributed by atoms with van der Waals surface area (Å²) in [5.74, 6) is 1.63. The molecule has 1 atom stereocenters. The molecule has 1 aliphatic rings. The van der Waals surface area contributed by atoms with Crippen molar-refractivity contribution in [2.45, 2.75) is 45.0 Å². The van der Waals surface area contributed by atoms with E-state index in [1.54, 1.807) is 13.3 Å². The number of ether oxygens (including phenoxy) is 1. The van der Waals surface area contributed by atoms with Crippen molar-refractivity contribution >= 4 is 11.7 Å². The maximum Gasteiger partial charge on any atom is 0.259 e. The van der Waals surface area contributed by atoms with Crippen LogP contribution >= 0.6 is 0 Å². The van der Waals surface area contributed by atoms with Crippen LogP contribution in [0.2, 0.25) is 0 Å². The molecule has 8 nitrogen and oxygen atoms in total. The first kappa shape index (κ1) is 21.3. The molecular formula is C23H30N6O2. The van der Waals surface area contributed by atoms with Crippen LogP contribution in [0, 0.1) is 0 Å². The van der Waals surface area contributed by atoms with Crippen molar-refractivity contribution < 1.29 is 9.53 Å². The first-order chi connectivity index (χ1) is 15.2. The number of benzene rings is 1. The van der Waals surface area contributed by atoms with Crippen molar-refractivity contribution in [2.24, 2.45) is 0 Å². The SMILES string of the molecule is CCn1ccnc1CN1CCC(n2nccc2NC(=O)[C@@H](OC)c2ccccc2)CC1. The van der Waals surface area contributed by atoms with E-state index >= 15 is 0 Å². The van der Waals surface area contributed by atoms with Gasteiger partial charge in [0.25, 0.3) is 5.91 Å². The number of carbonyl (C=O) groups is 1. The minimum atomic E-state index is -0.659. The topological polar surface area (TPSA) is 77.2 Å². The maximum absolute atomic E-state index is 12.9. The molecule has 0 spiro atoms. The Labute approximate surface area is 182 Å². The largest absolute Gasteiger partial charge is 0.367 e. The summed E-state index contributed by atoms with van der Waals surface area (Å²) < 4.78 is 9.59. The monoisotopic (exact) mass is 422 g/mol. The first-order valence-corrected chi connectivity index (χ1v) is 10.8. The normalized spacial score (nSPS) is 16.3. The summed E-state index contributed by atoms with van der Waals surface area (Å²) in [5.41, 5.74) is 0.826. The lowest BCUT2D eigenvalue weighted by molar-refractivity contribution is -0.126. The van der Waals surface area contributed by atoms with Gasteiger partial charge in [-0.3, -0.25) is 9.69 Å². The zero-order valence-corrected chi connectivity index (χ0v) is 18.1. The summed E-state index contributed by atoms with van der Waals surface area (Å²) in [6.07, 6.45) is 6.93. The smallest absolute Gasteiger partial charge is 0.259 e. The number of aryl methyl sites for hydroxylation is 1. The highest BCUT2D eigenvalue weighted by atomic mass is 16.5. The fourth-order valence-corrected chi connectivity index (χ4v) is 4.22. The molecule has 0 radical (unpaired) electrons. The Bertz CT molecular complexity index is 975. The lowest BCUT2D eigenvalue weighted by atomic mass is 10.1. The van der Waals surface area contributed by atoms with E-state index in [0.29, 0.717) is 5.82 Å². The van der Waals surface area contributed by atoms with Crippen LogP contribution in [0.5, 0.6) is 0 Å². The van der Waals surface area contributed by atoms with E-state index in [-0.39, 0.29) is 11.9 Å². The number of likely N-dealkylation sites (tertiary alicyclic amines) is 1. The first-order valence-electron chi connectivity index (χ1n) is 10.8. The van der Waals surface area contributed by atoms with Crippen LogP contribution in [0.1, 0.15) is 43.3 Å². The number of methoxy groups -OCH3 is 1. The highest BCUT2D eigenvalue weighted by Crippen LogP contribution is 2.27. The second-order valence-corrected chi connectivity index (χ2v) is 7.81. The van der Waals surface area contributed by atoms with Gasteiger partial charge in [0, 0.05) is 45.2 Å². The van der Waals surface area contributed by atoms with Gasteiger partial charge < -0.3 is 14.6 Å². The number of hydrogen-bond donors (Lipinski definition) is 1. The van der Waals surface area contributed by atoms with Crippen molar-refractivity contribution in [3.05, 3.63) is 66.4 Å². The molecule has 31 heavy (non-hydrogen) atoms. The third kappa shape index (κ3) is 4.86. The molecule has 3 aromatic rings. The summed E-state index contributed by atoms with van der Waals surface area (Å²) in [5, 5.41) is 7.51. The third-order valence-electron chi connectivity index (χ3n) is 5.91. The molecule has 164 valence electrons. The Morgan fingerprint density at radius 3 is 2.68 bits per heavy atom. The summed E-state index contributed by atoms with van der Waals surface area (Å²) in [7, 11) is 1.55. The van der Waals surface area contributed by atoms with Crippen molar-refractivity contribution in [3.63, 3.8) is 0 Å². The Morgan fingerprint density at radius 2 is 1.97 bits per heavy atom. The second-order valence-electron chi connectivity index (χ2n) is 7.81. The predicted octanol–water partition coefficient (Wildman–Crippen LogP) is 3.26. The lowest BCUT2D eigenvalue weighted by Crippen LogP contribution is -2.35. The zero-order valence-electron chi connectivity index (χ0n) is 18.1. The average Bonchev–Trinajstić information content (AvgIpc) is 3.45. The lowest BCUT2D eigenvalue weighted by Gasteiger charge is -2.32. The maximum atomic E-state index is 12.9. The Kier molecular flexibility index (Phi) is 6.79. The van der Waals surface area contributed by atoms with Crippen LogP contribution < -0.4 is 5.32 Å². The molecule has 0 unspecified atom stereocenters. The van der Waals surface area contributed by atoms with Gasteiger partial charge in [-0.25, -0.2) is 9.67 Å². The number of rotatable bonds is 8. The van der Waals surface area contributed by atoms with Gasteiger partial charge in [-0.05, 0) is 25.3 Å². The number of aromatic nitrogens is 4. The highest BCUT2D eigenvalue weighted by molar-refractivity contribution is 5.94. The number of anilines is 1. The van der Waals surface area contributed by atoms with Gasteiger partial charge in [0.1, 0.15) is 11.6 Å². The number of hydrogen-bond acceptors (Lipinski definition) is 5. The fraction of sp³-hybridized carbons (Fsp3) is 0.435. The molecule has 1 amide bonds. The Hall–Kier alpha value is -2.97. The van der Waals surface area contributed by atoms with E-state index in [1.807, 2.05) is 53.5 Å². The Balaban J connectivity index is 1.37. The van der Waals surface area contributed by atoms with Crippen LogP contribution in [0.3, 0.4) is 0 Å². The van der Waals surface area contributed by atoms with Gasteiger partial charge in [-0.15, -0.1) is 0 Å². The summed E-state index contributed by atoms with van der Waals surface area (Å²) in [6.45, 7) is 5.88. The van der Waals surface area contributed by atoms with Gasteiger partial charge in [0.2, 0.25) is 0 Å². The molecule has 1 aromatic carbocycles. The number of nitrogens with zero attached hydrogens (tertiary/aromatic N) is 5. The number of nitrogens with one attached hydrogen (secondary N) is 1. The third-order valence-corrected chi connectivity index (χ3v) is 5.91. The minimum Gasteiger partial charge on any atom is -0.367 e. The summed E-state index contributed by atoms with van der Waals surface area (Å²) >= 11 is 0. The van der Waals surface area contributed by atoms with E-state index in [1.165, 1.54) is 0 Å². The van der Waals surface area contributed by atoms with E-state index in [0.717, 1.165) is 50.4 Å². The minimum absolute atomic E-state index is 0.195. The fourth-order valence-electron chi connectivity index (χ4n) is 4.22. The van der Waals surface area contributed by atoms with Crippen molar-refractivity contribution in [3.8, 4) is 0 Å². The van der Waals surface area contributed by atoms with Crippen LogP contribution in [0.4, 0.5) is 5.82 Å². The van der Waals surface area contributed by atoms with E-state index in [2.05, 4.69) is 31.8 Å². The quantitative estimate of drug-likeness (QED) is 0.603. The molecule has 8 heteroatoms. The van der Waals surface area contributed by atoms with Crippen molar-refractivity contribution in [2.75, 3.05) is 25.5 Å². The standard InChI is InChI=1S/C23H30N6O2/c1-3-28-16-13-24-21(28)17-27-14-10-19(11-15-27)29-20(9-12-25-29)26-23(30)22(31-2)18-7-5-4-6-8-18/h4-9,12-13,16,19,22H,3,10-11,14-15,17H2,1-2H3,(H,26,30)/t22-/m0/s1.